The highest BCUT2D eigenvalue weighted by molar-refractivity contribution is 6.15. The third-order valence-corrected chi connectivity index (χ3v) is 1.000. The number of hydrogen-bond donors (Lipinski definition) is 0. The van der Waals surface area contributed by atoms with E-state index < -0.39 is 0 Å². The van der Waals surface area contributed by atoms with Crippen LogP contribution in [-0.4, -0.2) is 15.7 Å². The van der Waals surface area contributed by atoms with Crippen molar-refractivity contribution in [3.63, 3.8) is 0 Å². The molecule has 40 valence electrons. The van der Waals surface area contributed by atoms with E-state index in [2.05, 4.69) is 29.5 Å². The fraction of sp³-hybridized carbons (Fsp3) is 1.00. The van der Waals surface area contributed by atoms with E-state index >= 15 is 0 Å². The Labute approximate surface area is 48.5 Å². The molecule has 0 saturated heterocycles. The van der Waals surface area contributed by atoms with E-state index in [9.17, 15) is 0 Å². The van der Waals surface area contributed by atoms with Crippen LogP contribution >= 0.6 is 0 Å². The van der Waals surface area contributed by atoms with Gasteiger partial charge in [-0.1, -0.05) is 31.9 Å². The van der Waals surface area contributed by atoms with Gasteiger partial charge in [-0.3, -0.25) is 0 Å². The molecule has 0 rings (SSSR count). The fourth-order valence-electron chi connectivity index (χ4n) is 0.750. The van der Waals surface area contributed by atoms with Crippen LogP contribution in [0.3, 0.4) is 0 Å². The minimum Gasteiger partial charge on any atom is -0.0812 e. The van der Waals surface area contributed by atoms with Gasteiger partial charge in [0, 0.05) is 0 Å². The Hall–Kier alpha value is 0.130. The lowest BCUT2D eigenvalue weighted by Crippen LogP contribution is -2.00. The van der Waals surface area contributed by atoms with Gasteiger partial charge in [0.2, 0.25) is 0 Å². The molecule has 0 spiro atoms. The van der Waals surface area contributed by atoms with Crippen LogP contribution in [0.1, 0.15) is 20.3 Å². The predicted octanol–water partition coefficient (Wildman–Crippen LogP) is 0.259. The molecule has 0 aliphatic heterocycles. The molecule has 0 saturated carbocycles. The monoisotopic (exact) mass is 96.1 g/mol. The first-order valence-corrected chi connectivity index (χ1v) is 3.06. The van der Waals surface area contributed by atoms with Crippen molar-refractivity contribution in [1.29, 1.82) is 0 Å². The van der Waals surface area contributed by atoms with E-state index in [0.717, 1.165) is 0 Å². The van der Waals surface area contributed by atoms with E-state index in [1.165, 1.54) is 12.7 Å². The molecule has 0 nitrogen and oxygen atoms in total. The van der Waals surface area contributed by atoms with Crippen molar-refractivity contribution < 1.29 is 0 Å². The zero-order valence-electron chi connectivity index (χ0n) is 5.91. The molecule has 0 atom stereocenters. The van der Waals surface area contributed by atoms with Crippen molar-refractivity contribution in [1.82, 2.24) is 0 Å². The van der Waals surface area contributed by atoms with Gasteiger partial charge < -0.3 is 0 Å². The van der Waals surface area contributed by atoms with Gasteiger partial charge >= 0.3 is 0 Å². The highest BCUT2D eigenvalue weighted by Gasteiger charge is 2.06. The maximum Gasteiger partial charge on any atom is 0.108 e. The number of rotatable bonds is 2. The molecule has 0 aromatic rings. The second kappa shape index (κ2) is 2.44. The Bertz CT molecular complexity index is 44.5. The fourth-order valence-corrected chi connectivity index (χ4v) is 0.750. The molecule has 7 heavy (non-hydrogen) atoms. The van der Waals surface area contributed by atoms with Crippen molar-refractivity contribution in [2.24, 2.45) is 0 Å². The third-order valence-electron chi connectivity index (χ3n) is 1.000. The smallest absolute Gasteiger partial charge is 0.0812 e. The highest BCUT2D eigenvalue weighted by atomic mass is 14.0. The summed E-state index contributed by atoms with van der Waals surface area (Å²) in [6.07, 6.45) is 2.65. The van der Waals surface area contributed by atoms with Crippen LogP contribution in [0, 0.1) is 0 Å². The summed E-state index contributed by atoms with van der Waals surface area (Å²) in [7, 11) is 4.50. The van der Waals surface area contributed by atoms with Crippen LogP contribution in [0.5, 0.6) is 0 Å². The normalized spacial score (nSPS) is 11.7. The first kappa shape index (κ1) is 7.13. The molecule has 0 radical (unpaired) electrons. The molecule has 0 fully saturated rings. The quantitative estimate of drug-likeness (QED) is 0.432. The van der Waals surface area contributed by atoms with Crippen molar-refractivity contribution in [2.75, 3.05) is 0 Å². The average molecular weight is 95.8 g/mol. The van der Waals surface area contributed by atoms with Crippen LogP contribution in [0.15, 0.2) is 0 Å². The predicted molar refractivity (Wildman–Crippen MR) is 40.6 cm³/mol. The Kier molecular flexibility index (Phi) is 2.49. The summed E-state index contributed by atoms with van der Waals surface area (Å²) in [5, 5.41) is 0.550. The van der Waals surface area contributed by atoms with Crippen molar-refractivity contribution in [3.05, 3.63) is 0 Å². The lowest BCUT2D eigenvalue weighted by atomic mass is 9.67. The summed E-state index contributed by atoms with van der Waals surface area (Å²) >= 11 is 0. The maximum atomic E-state index is 2.27. The minimum atomic E-state index is 0.550. The Balaban J connectivity index is 3.15. The number of hydrogen-bond acceptors (Lipinski definition) is 0. The van der Waals surface area contributed by atoms with Crippen LogP contribution in [0.2, 0.25) is 11.6 Å². The first-order chi connectivity index (χ1) is 3.06. The maximum absolute atomic E-state index is 2.27. The summed E-state index contributed by atoms with van der Waals surface area (Å²) in [4.78, 5) is 0. The van der Waals surface area contributed by atoms with E-state index in [0.29, 0.717) is 5.31 Å². The van der Waals surface area contributed by atoms with Crippen molar-refractivity contribution in [3.8, 4) is 0 Å². The summed E-state index contributed by atoms with van der Waals surface area (Å²) in [5.41, 5.74) is 0. The standard InChI is InChI=1S/C5H14B2/c1-5(2,7)3-4-6/h3-4,6-7H2,1-2H3. The molecule has 0 N–H and O–H groups in total. The second-order valence-electron chi connectivity index (χ2n) is 3.31. The van der Waals surface area contributed by atoms with Crippen LogP contribution < -0.4 is 0 Å². The molecule has 0 aliphatic rings. The average Bonchev–Trinajstić information content (AvgIpc) is 1.30. The minimum absolute atomic E-state index is 0.550. The van der Waals surface area contributed by atoms with Gasteiger partial charge in [0.1, 0.15) is 15.7 Å². The van der Waals surface area contributed by atoms with E-state index in [-0.39, 0.29) is 0 Å². The molecular weight excluding hydrogens is 81.7 g/mol. The van der Waals surface area contributed by atoms with E-state index in [1.807, 2.05) is 0 Å². The third kappa shape index (κ3) is 6.13. The van der Waals surface area contributed by atoms with Gasteiger partial charge in [0.25, 0.3) is 0 Å². The van der Waals surface area contributed by atoms with Gasteiger partial charge in [-0.15, -0.1) is 0 Å². The lowest BCUT2D eigenvalue weighted by Gasteiger charge is -2.15. The zero-order valence-corrected chi connectivity index (χ0v) is 5.91. The van der Waals surface area contributed by atoms with Crippen LogP contribution in [0.25, 0.3) is 0 Å². The second-order valence-corrected chi connectivity index (χ2v) is 3.31. The molecule has 2 heteroatoms. The molecular formula is C5H14B2. The van der Waals surface area contributed by atoms with Crippen LogP contribution in [0.4, 0.5) is 0 Å². The van der Waals surface area contributed by atoms with Gasteiger partial charge in [0.15, 0.2) is 0 Å². The van der Waals surface area contributed by atoms with Gasteiger partial charge in [0.05, 0.1) is 0 Å². The van der Waals surface area contributed by atoms with Gasteiger partial charge in [-0.2, -0.15) is 0 Å². The van der Waals surface area contributed by atoms with Gasteiger partial charge in [-0.05, 0) is 0 Å². The Morgan fingerprint density at radius 3 is 1.86 bits per heavy atom. The van der Waals surface area contributed by atoms with Crippen molar-refractivity contribution >= 4 is 15.7 Å². The first-order valence-electron chi connectivity index (χ1n) is 3.06. The van der Waals surface area contributed by atoms with Crippen LogP contribution in [-0.2, 0) is 0 Å². The summed E-state index contributed by atoms with van der Waals surface area (Å²) in [6.45, 7) is 4.55. The summed E-state index contributed by atoms with van der Waals surface area (Å²) in [6, 6.07) is 0. The molecule has 0 unspecified atom stereocenters. The summed E-state index contributed by atoms with van der Waals surface area (Å²) in [5.74, 6) is 0. The Morgan fingerprint density at radius 1 is 1.43 bits per heavy atom. The van der Waals surface area contributed by atoms with E-state index in [4.69, 9.17) is 0 Å². The lowest BCUT2D eigenvalue weighted by molar-refractivity contribution is 0.653. The summed E-state index contributed by atoms with van der Waals surface area (Å²) < 4.78 is 0. The van der Waals surface area contributed by atoms with E-state index in [1.54, 1.807) is 0 Å². The SMILES string of the molecule is BCCC(B)(C)C. The molecule has 0 aromatic heterocycles. The molecule has 0 aromatic carbocycles. The molecule has 0 amide bonds. The van der Waals surface area contributed by atoms with Crippen molar-refractivity contribution in [2.45, 2.75) is 31.9 Å². The molecule has 0 heterocycles. The molecule has 0 bridgehead atoms. The molecule has 0 aliphatic carbocycles. The van der Waals surface area contributed by atoms with Gasteiger partial charge in [-0.25, -0.2) is 0 Å². The largest absolute Gasteiger partial charge is 0.108 e. The highest BCUT2D eigenvalue weighted by Crippen LogP contribution is 2.24. The zero-order chi connectivity index (χ0) is 5.91. The topological polar surface area (TPSA) is 0 Å². The Morgan fingerprint density at radius 2 is 1.86 bits per heavy atom.